The first-order valence-corrected chi connectivity index (χ1v) is 7.78. The summed E-state index contributed by atoms with van der Waals surface area (Å²) in [5.41, 5.74) is 3.70. The van der Waals surface area contributed by atoms with Crippen LogP contribution in [0.5, 0.6) is 17.2 Å². The molecule has 0 aliphatic carbocycles. The van der Waals surface area contributed by atoms with Crippen molar-refractivity contribution >= 4 is 0 Å². The Morgan fingerprint density at radius 3 is 1.52 bits per heavy atom. The van der Waals surface area contributed by atoms with Gasteiger partial charge in [-0.1, -0.05) is 23.3 Å². The molecule has 124 valence electrons. The highest BCUT2D eigenvalue weighted by Gasteiger charge is 2.18. The number of benzene rings is 3. The largest absolute Gasteiger partial charge is 0.507 e. The number of hydrogen-bond acceptors (Lipinski definition) is 4. The smallest absolute Gasteiger partial charge is 0.131 e. The lowest BCUT2D eigenvalue weighted by atomic mass is 9.92. The van der Waals surface area contributed by atoms with Gasteiger partial charge in [-0.25, -0.2) is 0 Å². The molecule has 25 heavy (non-hydrogen) atoms. The number of nitriles is 1. The Bertz CT molecular complexity index is 944. The Labute approximate surface area is 145 Å². The van der Waals surface area contributed by atoms with Crippen molar-refractivity contribution < 1.29 is 15.3 Å². The van der Waals surface area contributed by atoms with Crippen molar-refractivity contribution in [1.29, 1.82) is 5.26 Å². The molecular formula is C21H17NO3. The Balaban J connectivity index is 2.34. The molecule has 0 saturated carbocycles. The molecule has 4 heteroatoms. The van der Waals surface area contributed by atoms with E-state index in [0.717, 1.165) is 11.1 Å². The quantitative estimate of drug-likeness (QED) is 0.639. The monoisotopic (exact) mass is 331 g/mol. The van der Waals surface area contributed by atoms with E-state index in [1.807, 2.05) is 13.8 Å². The SMILES string of the molecule is Cc1ccc(O)c(-c2cc(C#N)cc(-c3cc(C)ccc3O)c2O)c1. The van der Waals surface area contributed by atoms with Crippen LogP contribution in [-0.4, -0.2) is 15.3 Å². The lowest BCUT2D eigenvalue weighted by molar-refractivity contribution is 0.467. The highest BCUT2D eigenvalue weighted by molar-refractivity contribution is 5.87. The van der Waals surface area contributed by atoms with E-state index in [1.165, 1.54) is 12.1 Å². The van der Waals surface area contributed by atoms with Gasteiger partial charge in [-0.2, -0.15) is 5.26 Å². The van der Waals surface area contributed by atoms with E-state index in [1.54, 1.807) is 36.4 Å². The van der Waals surface area contributed by atoms with Crippen molar-refractivity contribution in [1.82, 2.24) is 0 Å². The number of nitrogens with zero attached hydrogens (tertiary/aromatic N) is 1. The summed E-state index contributed by atoms with van der Waals surface area (Å²) in [4.78, 5) is 0. The van der Waals surface area contributed by atoms with E-state index in [0.29, 0.717) is 27.8 Å². The number of aromatic hydroxyl groups is 3. The zero-order chi connectivity index (χ0) is 18.1. The molecule has 0 aliphatic heterocycles. The van der Waals surface area contributed by atoms with E-state index < -0.39 is 0 Å². The van der Waals surface area contributed by atoms with Gasteiger partial charge in [0, 0.05) is 22.3 Å². The van der Waals surface area contributed by atoms with Crippen LogP contribution in [0.1, 0.15) is 16.7 Å². The molecule has 0 unspecified atom stereocenters. The second-order valence-corrected chi connectivity index (χ2v) is 6.07. The van der Waals surface area contributed by atoms with Crippen LogP contribution >= 0.6 is 0 Å². The fourth-order valence-electron chi connectivity index (χ4n) is 2.84. The van der Waals surface area contributed by atoms with Crippen LogP contribution in [0.3, 0.4) is 0 Å². The molecule has 3 aromatic carbocycles. The molecule has 4 nitrogen and oxygen atoms in total. The molecule has 0 aromatic heterocycles. The Hall–Kier alpha value is -3.45. The molecule has 3 aromatic rings. The van der Waals surface area contributed by atoms with Gasteiger partial charge in [0.15, 0.2) is 0 Å². The van der Waals surface area contributed by atoms with Crippen LogP contribution < -0.4 is 0 Å². The molecule has 0 radical (unpaired) electrons. The van der Waals surface area contributed by atoms with E-state index in [4.69, 9.17) is 0 Å². The molecule has 0 amide bonds. The number of phenols is 3. The molecule has 0 fully saturated rings. The third kappa shape index (κ3) is 3.00. The maximum atomic E-state index is 10.8. The van der Waals surface area contributed by atoms with Gasteiger partial charge in [-0.05, 0) is 50.2 Å². The third-order valence-electron chi connectivity index (χ3n) is 4.12. The standard InChI is InChI=1S/C21H17NO3/c1-12-3-5-19(23)15(7-12)17-9-14(11-22)10-18(21(17)25)16-8-13(2)4-6-20(16)24/h3-10,23-25H,1-2H3. The summed E-state index contributed by atoms with van der Waals surface area (Å²) in [5.74, 6) is -0.0772. The minimum absolute atomic E-state index is 0.00963. The predicted octanol–water partition coefficient (Wildman–Crippen LogP) is 4.63. The topological polar surface area (TPSA) is 84.5 Å². The lowest BCUT2D eigenvalue weighted by Gasteiger charge is -2.14. The number of hydrogen-bond donors (Lipinski definition) is 3. The van der Waals surface area contributed by atoms with Gasteiger partial charge in [-0.15, -0.1) is 0 Å². The molecule has 0 heterocycles. The first-order chi connectivity index (χ1) is 11.9. The van der Waals surface area contributed by atoms with E-state index in [9.17, 15) is 20.6 Å². The Morgan fingerprint density at radius 1 is 0.680 bits per heavy atom. The second-order valence-electron chi connectivity index (χ2n) is 6.07. The first-order valence-electron chi connectivity index (χ1n) is 7.78. The Morgan fingerprint density at radius 2 is 1.12 bits per heavy atom. The van der Waals surface area contributed by atoms with E-state index in [2.05, 4.69) is 6.07 Å². The van der Waals surface area contributed by atoms with Gasteiger partial charge in [0.25, 0.3) is 0 Å². The van der Waals surface area contributed by atoms with Gasteiger partial charge >= 0.3 is 0 Å². The van der Waals surface area contributed by atoms with Crippen molar-refractivity contribution in [3.05, 3.63) is 65.2 Å². The van der Waals surface area contributed by atoms with E-state index >= 15 is 0 Å². The minimum Gasteiger partial charge on any atom is -0.507 e. The van der Waals surface area contributed by atoms with Crippen LogP contribution in [0.2, 0.25) is 0 Å². The zero-order valence-corrected chi connectivity index (χ0v) is 13.9. The van der Waals surface area contributed by atoms with Crippen LogP contribution in [0, 0.1) is 25.2 Å². The van der Waals surface area contributed by atoms with Gasteiger partial charge in [0.2, 0.25) is 0 Å². The molecule has 0 saturated heterocycles. The average molecular weight is 331 g/mol. The molecule has 0 bridgehead atoms. The molecule has 0 aliphatic rings. The maximum absolute atomic E-state index is 10.8. The summed E-state index contributed by atoms with van der Waals surface area (Å²) < 4.78 is 0. The normalized spacial score (nSPS) is 10.4. The summed E-state index contributed by atoms with van der Waals surface area (Å²) in [6, 6.07) is 15.2. The fraction of sp³-hybridized carbons (Fsp3) is 0.0952. The van der Waals surface area contributed by atoms with Crippen LogP contribution in [0.25, 0.3) is 22.3 Å². The molecule has 0 spiro atoms. The predicted molar refractivity (Wildman–Crippen MR) is 96.5 cm³/mol. The zero-order valence-electron chi connectivity index (χ0n) is 13.9. The first kappa shape index (κ1) is 16.4. The minimum atomic E-state index is -0.0965. The fourth-order valence-corrected chi connectivity index (χ4v) is 2.84. The molecule has 0 atom stereocenters. The van der Waals surface area contributed by atoms with Crippen molar-refractivity contribution in [2.24, 2.45) is 0 Å². The van der Waals surface area contributed by atoms with Gasteiger partial charge < -0.3 is 15.3 Å². The van der Waals surface area contributed by atoms with Crippen molar-refractivity contribution in [2.75, 3.05) is 0 Å². The summed E-state index contributed by atoms with van der Waals surface area (Å²) in [5, 5.41) is 40.6. The number of phenolic OH excluding ortho intramolecular Hbond substituents is 3. The third-order valence-corrected chi connectivity index (χ3v) is 4.12. The van der Waals surface area contributed by atoms with Crippen molar-refractivity contribution in [2.45, 2.75) is 13.8 Å². The Kier molecular flexibility index (Phi) is 4.08. The second kappa shape index (κ2) is 6.21. The van der Waals surface area contributed by atoms with Crippen LogP contribution in [0.15, 0.2) is 48.5 Å². The highest BCUT2D eigenvalue weighted by atomic mass is 16.3. The van der Waals surface area contributed by atoms with Crippen LogP contribution in [-0.2, 0) is 0 Å². The van der Waals surface area contributed by atoms with Crippen molar-refractivity contribution in [3.8, 4) is 45.6 Å². The number of aryl methyl sites for hydroxylation is 2. The van der Waals surface area contributed by atoms with Crippen LogP contribution in [0.4, 0.5) is 0 Å². The summed E-state index contributed by atoms with van der Waals surface area (Å²) in [6.45, 7) is 3.75. The van der Waals surface area contributed by atoms with Gasteiger partial charge in [0.1, 0.15) is 17.2 Å². The molecule has 3 rings (SSSR count). The number of rotatable bonds is 2. The summed E-state index contributed by atoms with van der Waals surface area (Å²) >= 11 is 0. The lowest BCUT2D eigenvalue weighted by Crippen LogP contribution is -1.90. The van der Waals surface area contributed by atoms with Gasteiger partial charge in [-0.3, -0.25) is 0 Å². The highest BCUT2D eigenvalue weighted by Crippen LogP contribution is 2.44. The summed E-state index contributed by atoms with van der Waals surface area (Å²) in [7, 11) is 0. The molecular weight excluding hydrogens is 314 g/mol. The van der Waals surface area contributed by atoms with E-state index in [-0.39, 0.29) is 17.2 Å². The average Bonchev–Trinajstić information content (AvgIpc) is 2.60. The molecule has 3 N–H and O–H groups in total. The summed E-state index contributed by atoms with van der Waals surface area (Å²) in [6.07, 6.45) is 0. The van der Waals surface area contributed by atoms with Crippen molar-refractivity contribution in [3.63, 3.8) is 0 Å². The van der Waals surface area contributed by atoms with Gasteiger partial charge in [0.05, 0.1) is 11.6 Å². The maximum Gasteiger partial charge on any atom is 0.131 e.